The lowest BCUT2D eigenvalue weighted by Crippen LogP contribution is -2.15. The number of imidazole rings is 1. The fourth-order valence-electron chi connectivity index (χ4n) is 3.71. The van der Waals surface area contributed by atoms with Crippen LogP contribution in [0.5, 0.6) is 0 Å². The van der Waals surface area contributed by atoms with Gasteiger partial charge in [0.2, 0.25) is 6.79 Å². The van der Waals surface area contributed by atoms with E-state index >= 15 is 0 Å². The normalized spacial score (nSPS) is 14.3. The van der Waals surface area contributed by atoms with Crippen LogP contribution in [0.3, 0.4) is 0 Å². The van der Waals surface area contributed by atoms with E-state index in [2.05, 4.69) is 19.4 Å². The second kappa shape index (κ2) is 10.5. The van der Waals surface area contributed by atoms with E-state index in [1.165, 1.54) is 0 Å². The summed E-state index contributed by atoms with van der Waals surface area (Å²) >= 11 is 6.34. The zero-order valence-corrected chi connectivity index (χ0v) is 19.5. The molecule has 10 heteroatoms. The first-order valence-electron chi connectivity index (χ1n) is 10.8. The van der Waals surface area contributed by atoms with Gasteiger partial charge in [-0.2, -0.15) is 0 Å². The van der Waals surface area contributed by atoms with Crippen LogP contribution in [0.1, 0.15) is 48.6 Å². The molecule has 1 aliphatic rings. The SMILES string of the molecule is CCOC(=O)OCOC(=O)CC[C@@H]1N=C(c2ccccn2)c2ccc(Cl)cc2-n2c(C)cnc21. The van der Waals surface area contributed by atoms with Crippen LogP contribution >= 0.6 is 11.6 Å². The highest BCUT2D eigenvalue weighted by Crippen LogP contribution is 2.34. The largest absolute Gasteiger partial charge is 0.511 e. The summed E-state index contributed by atoms with van der Waals surface area (Å²) in [6.07, 6.45) is 2.95. The molecule has 176 valence electrons. The highest BCUT2D eigenvalue weighted by molar-refractivity contribution is 6.31. The van der Waals surface area contributed by atoms with Gasteiger partial charge >= 0.3 is 12.1 Å². The molecule has 2 aromatic heterocycles. The number of halogens is 1. The maximum atomic E-state index is 12.3. The Morgan fingerprint density at radius 1 is 1.12 bits per heavy atom. The van der Waals surface area contributed by atoms with E-state index in [1.807, 2.05) is 47.9 Å². The van der Waals surface area contributed by atoms with Crippen molar-refractivity contribution in [2.45, 2.75) is 32.7 Å². The van der Waals surface area contributed by atoms with E-state index in [-0.39, 0.29) is 13.0 Å². The van der Waals surface area contributed by atoms with Gasteiger partial charge in [0.05, 0.1) is 23.7 Å². The van der Waals surface area contributed by atoms with Crippen LogP contribution in [0.4, 0.5) is 4.79 Å². The van der Waals surface area contributed by atoms with E-state index in [1.54, 1.807) is 19.3 Å². The molecule has 0 amide bonds. The van der Waals surface area contributed by atoms with Crippen LogP contribution in [0.15, 0.2) is 53.8 Å². The van der Waals surface area contributed by atoms with Crippen molar-refractivity contribution >= 4 is 29.4 Å². The summed E-state index contributed by atoms with van der Waals surface area (Å²) in [4.78, 5) is 37.6. The van der Waals surface area contributed by atoms with Gasteiger partial charge in [-0.05, 0) is 50.6 Å². The van der Waals surface area contributed by atoms with Gasteiger partial charge in [-0.3, -0.25) is 19.3 Å². The molecule has 1 aliphatic heterocycles. The first kappa shape index (κ1) is 23.4. The average molecular weight is 483 g/mol. The third-order valence-corrected chi connectivity index (χ3v) is 5.43. The number of pyridine rings is 1. The number of nitrogens with zero attached hydrogens (tertiary/aromatic N) is 4. The van der Waals surface area contributed by atoms with Gasteiger partial charge in [0.1, 0.15) is 11.9 Å². The van der Waals surface area contributed by atoms with Crippen molar-refractivity contribution in [1.82, 2.24) is 14.5 Å². The van der Waals surface area contributed by atoms with Crippen LogP contribution in [0.2, 0.25) is 5.02 Å². The number of rotatable bonds is 7. The molecule has 0 saturated carbocycles. The predicted molar refractivity (Wildman–Crippen MR) is 124 cm³/mol. The maximum absolute atomic E-state index is 12.3. The van der Waals surface area contributed by atoms with Crippen molar-refractivity contribution in [3.63, 3.8) is 0 Å². The molecule has 0 spiro atoms. The summed E-state index contributed by atoms with van der Waals surface area (Å²) in [5, 5.41) is 0.585. The highest BCUT2D eigenvalue weighted by Gasteiger charge is 2.28. The lowest BCUT2D eigenvalue weighted by molar-refractivity contribution is -0.153. The van der Waals surface area contributed by atoms with Crippen molar-refractivity contribution in [1.29, 1.82) is 0 Å². The molecule has 0 saturated heterocycles. The number of fused-ring (bicyclic) bond motifs is 3. The van der Waals surface area contributed by atoms with Crippen LogP contribution in [0, 0.1) is 6.92 Å². The maximum Gasteiger partial charge on any atom is 0.511 e. The number of aryl methyl sites for hydroxylation is 1. The monoisotopic (exact) mass is 482 g/mol. The molecule has 3 heterocycles. The Morgan fingerprint density at radius 3 is 2.74 bits per heavy atom. The number of hydrogen-bond acceptors (Lipinski definition) is 8. The summed E-state index contributed by atoms with van der Waals surface area (Å²) in [7, 11) is 0. The summed E-state index contributed by atoms with van der Waals surface area (Å²) < 4.78 is 16.3. The Morgan fingerprint density at radius 2 is 1.97 bits per heavy atom. The highest BCUT2D eigenvalue weighted by atomic mass is 35.5. The third kappa shape index (κ3) is 5.09. The van der Waals surface area contributed by atoms with Gasteiger partial charge in [-0.1, -0.05) is 17.7 Å². The van der Waals surface area contributed by atoms with Crippen molar-refractivity contribution in [3.8, 4) is 5.69 Å². The van der Waals surface area contributed by atoms with E-state index < -0.39 is 25.0 Å². The Bertz CT molecular complexity index is 1230. The number of benzene rings is 1. The molecule has 0 radical (unpaired) electrons. The molecule has 34 heavy (non-hydrogen) atoms. The molecule has 0 aliphatic carbocycles. The lowest BCUT2D eigenvalue weighted by Gasteiger charge is -2.14. The fraction of sp³-hybridized carbons (Fsp3) is 0.292. The van der Waals surface area contributed by atoms with Crippen LogP contribution < -0.4 is 0 Å². The summed E-state index contributed by atoms with van der Waals surface area (Å²) in [5.41, 5.74) is 3.99. The number of ether oxygens (including phenoxy) is 3. The van der Waals surface area contributed by atoms with Crippen molar-refractivity contribution in [2.75, 3.05) is 13.4 Å². The molecule has 0 N–H and O–H groups in total. The molecule has 3 aromatic rings. The quantitative estimate of drug-likeness (QED) is 0.358. The van der Waals surface area contributed by atoms with Crippen LogP contribution in [0.25, 0.3) is 5.69 Å². The second-order valence-electron chi connectivity index (χ2n) is 7.46. The zero-order chi connectivity index (χ0) is 24.1. The van der Waals surface area contributed by atoms with E-state index in [9.17, 15) is 9.59 Å². The molecule has 0 unspecified atom stereocenters. The molecular formula is C24H23ClN4O5. The minimum absolute atomic E-state index is 0.0405. The van der Waals surface area contributed by atoms with Crippen molar-refractivity contribution < 1.29 is 23.8 Å². The minimum atomic E-state index is -0.891. The Balaban J connectivity index is 1.62. The first-order valence-corrected chi connectivity index (χ1v) is 11.1. The molecular weight excluding hydrogens is 460 g/mol. The predicted octanol–water partition coefficient (Wildman–Crippen LogP) is 4.58. The first-order chi connectivity index (χ1) is 16.5. The van der Waals surface area contributed by atoms with E-state index in [0.29, 0.717) is 28.7 Å². The van der Waals surface area contributed by atoms with E-state index in [0.717, 1.165) is 16.9 Å². The van der Waals surface area contributed by atoms with Gasteiger partial charge in [-0.25, -0.2) is 9.78 Å². The van der Waals surface area contributed by atoms with Gasteiger partial charge in [0.25, 0.3) is 0 Å². The molecule has 1 aromatic carbocycles. The number of carbonyl (C=O) groups excluding carboxylic acids is 2. The number of hydrogen-bond donors (Lipinski definition) is 0. The van der Waals surface area contributed by atoms with Gasteiger partial charge < -0.3 is 14.2 Å². The van der Waals surface area contributed by atoms with Crippen LogP contribution in [-0.2, 0) is 19.0 Å². The average Bonchev–Trinajstić information content (AvgIpc) is 3.15. The van der Waals surface area contributed by atoms with Gasteiger partial charge in [-0.15, -0.1) is 0 Å². The zero-order valence-electron chi connectivity index (χ0n) is 18.7. The second-order valence-corrected chi connectivity index (χ2v) is 7.90. The molecule has 9 nitrogen and oxygen atoms in total. The molecule has 4 rings (SSSR count). The Kier molecular flexibility index (Phi) is 7.22. The number of esters is 1. The summed E-state index contributed by atoms with van der Waals surface area (Å²) in [5.74, 6) is 0.154. The van der Waals surface area contributed by atoms with E-state index in [4.69, 9.17) is 21.3 Å². The van der Waals surface area contributed by atoms with Crippen molar-refractivity contribution in [2.24, 2.45) is 4.99 Å². The van der Waals surface area contributed by atoms with Crippen LogP contribution in [-0.4, -0.2) is 45.8 Å². The molecule has 1 atom stereocenters. The number of aliphatic imine (C=N–C) groups is 1. The topological polar surface area (TPSA) is 105 Å². The molecule has 0 bridgehead atoms. The smallest absolute Gasteiger partial charge is 0.435 e. The summed E-state index contributed by atoms with van der Waals surface area (Å²) in [6, 6.07) is 10.8. The standard InChI is InChI=1S/C24H23ClN4O5/c1-3-32-24(31)34-14-33-21(30)10-9-19-23-27-13-15(2)29(23)20-12-16(25)7-8-17(20)22(28-19)18-6-4-5-11-26-18/h4-8,11-13,19H,3,9-10,14H2,1-2H3/t19-/m0/s1. The number of aromatic nitrogens is 3. The fourth-order valence-corrected chi connectivity index (χ4v) is 3.87. The Hall–Kier alpha value is -3.72. The third-order valence-electron chi connectivity index (χ3n) is 5.19. The Labute approximate surface area is 201 Å². The lowest BCUT2D eigenvalue weighted by atomic mass is 10.0. The van der Waals surface area contributed by atoms with Gasteiger partial charge in [0.15, 0.2) is 0 Å². The number of carbonyl (C=O) groups is 2. The minimum Gasteiger partial charge on any atom is -0.435 e. The molecule has 0 fully saturated rings. The van der Waals surface area contributed by atoms with Gasteiger partial charge in [0, 0.05) is 35.1 Å². The van der Waals surface area contributed by atoms with Crippen molar-refractivity contribution in [3.05, 3.63) is 76.6 Å². The summed E-state index contributed by atoms with van der Waals surface area (Å²) in [6.45, 7) is 3.26.